The number of rotatable bonds is 4. The van der Waals surface area contributed by atoms with Crippen LogP contribution in [0.5, 0.6) is 0 Å². The zero-order valence-electron chi connectivity index (χ0n) is 8.08. The number of carboxylic acids is 1. The van der Waals surface area contributed by atoms with E-state index in [-0.39, 0.29) is 18.7 Å². The third kappa shape index (κ3) is 2.83. The van der Waals surface area contributed by atoms with E-state index in [0.717, 1.165) is 0 Å². The molecule has 1 aromatic heterocycles. The van der Waals surface area contributed by atoms with Gasteiger partial charge in [-0.15, -0.1) is 0 Å². The van der Waals surface area contributed by atoms with E-state index in [1.807, 2.05) is 0 Å². The fraction of sp³-hybridized carbons (Fsp3) is 0.556. The predicted molar refractivity (Wildman–Crippen MR) is 46.6 cm³/mol. The minimum absolute atomic E-state index is 0.0158. The summed E-state index contributed by atoms with van der Waals surface area (Å²) in [7, 11) is 0. The second-order valence-corrected chi connectivity index (χ2v) is 3.51. The lowest BCUT2D eigenvalue weighted by Crippen LogP contribution is -2.09. The maximum Gasteiger partial charge on any atom is 0.303 e. The van der Waals surface area contributed by atoms with Gasteiger partial charge in [0.25, 0.3) is 0 Å². The summed E-state index contributed by atoms with van der Waals surface area (Å²) >= 11 is 0. The highest BCUT2D eigenvalue weighted by atomic mass is 19.1. The molecule has 1 heterocycles. The number of carbonyl (C=O) groups is 1. The van der Waals surface area contributed by atoms with Gasteiger partial charge in [0.1, 0.15) is 6.26 Å². The fourth-order valence-corrected chi connectivity index (χ4v) is 0.930. The Balaban J connectivity index is 2.64. The molecule has 1 aromatic rings. The molecule has 1 rings (SSSR count). The van der Waals surface area contributed by atoms with Crippen LogP contribution in [0.1, 0.15) is 31.9 Å². The minimum atomic E-state index is -1.62. The number of aliphatic carboxylic acids is 1. The van der Waals surface area contributed by atoms with E-state index in [2.05, 4.69) is 4.98 Å². The van der Waals surface area contributed by atoms with E-state index in [9.17, 15) is 9.18 Å². The van der Waals surface area contributed by atoms with E-state index in [1.54, 1.807) is 0 Å². The second kappa shape index (κ2) is 3.77. The van der Waals surface area contributed by atoms with Crippen molar-refractivity contribution in [3.8, 4) is 0 Å². The van der Waals surface area contributed by atoms with Crippen LogP contribution in [0.2, 0.25) is 0 Å². The van der Waals surface area contributed by atoms with Gasteiger partial charge in [0.05, 0.1) is 12.1 Å². The summed E-state index contributed by atoms with van der Waals surface area (Å²) in [6, 6.07) is 0. The lowest BCUT2D eigenvalue weighted by Gasteiger charge is -2.06. The first kappa shape index (κ1) is 10.7. The Morgan fingerprint density at radius 3 is 2.79 bits per heavy atom. The number of alkyl halides is 1. The Kier molecular flexibility index (Phi) is 2.88. The summed E-state index contributed by atoms with van der Waals surface area (Å²) in [5.41, 5.74) is -1.16. The van der Waals surface area contributed by atoms with Crippen LogP contribution in [-0.4, -0.2) is 16.1 Å². The van der Waals surface area contributed by atoms with E-state index in [0.29, 0.717) is 5.69 Å². The van der Waals surface area contributed by atoms with Crippen LogP contribution in [0.4, 0.5) is 4.39 Å². The van der Waals surface area contributed by atoms with Crippen LogP contribution < -0.4 is 0 Å². The number of halogens is 1. The largest absolute Gasteiger partial charge is 0.481 e. The highest BCUT2D eigenvalue weighted by molar-refractivity contribution is 5.66. The average Bonchev–Trinajstić information content (AvgIpc) is 2.47. The number of aromatic nitrogens is 1. The van der Waals surface area contributed by atoms with Gasteiger partial charge < -0.3 is 9.52 Å². The van der Waals surface area contributed by atoms with Crippen LogP contribution in [0.15, 0.2) is 10.7 Å². The van der Waals surface area contributed by atoms with E-state index < -0.39 is 11.6 Å². The average molecular weight is 201 g/mol. The van der Waals surface area contributed by atoms with Crippen LogP contribution in [0.25, 0.3) is 0 Å². The Morgan fingerprint density at radius 1 is 1.71 bits per heavy atom. The third-order valence-electron chi connectivity index (χ3n) is 1.66. The van der Waals surface area contributed by atoms with Gasteiger partial charge in [-0.3, -0.25) is 4.79 Å². The quantitative estimate of drug-likeness (QED) is 0.808. The molecular formula is C9H12FNO3. The summed E-state index contributed by atoms with van der Waals surface area (Å²) in [6.45, 7) is 2.67. The van der Waals surface area contributed by atoms with Gasteiger partial charge in [-0.25, -0.2) is 9.37 Å². The van der Waals surface area contributed by atoms with Gasteiger partial charge in [0.15, 0.2) is 5.67 Å². The molecule has 4 nitrogen and oxygen atoms in total. The summed E-state index contributed by atoms with van der Waals surface area (Å²) in [5, 5.41) is 8.41. The Hall–Kier alpha value is -1.39. The monoisotopic (exact) mass is 201 g/mol. The molecule has 0 spiro atoms. The molecule has 0 saturated heterocycles. The van der Waals surface area contributed by atoms with E-state index >= 15 is 0 Å². The van der Waals surface area contributed by atoms with Gasteiger partial charge in [0.2, 0.25) is 5.89 Å². The van der Waals surface area contributed by atoms with Gasteiger partial charge in [-0.2, -0.15) is 0 Å². The molecule has 78 valence electrons. The van der Waals surface area contributed by atoms with Crippen molar-refractivity contribution in [3.63, 3.8) is 0 Å². The lowest BCUT2D eigenvalue weighted by atomic mass is 10.2. The molecule has 0 radical (unpaired) electrons. The molecular weight excluding hydrogens is 189 g/mol. The van der Waals surface area contributed by atoms with Crippen molar-refractivity contribution >= 4 is 5.97 Å². The normalized spacial score (nSPS) is 11.6. The van der Waals surface area contributed by atoms with Gasteiger partial charge in [-0.05, 0) is 13.8 Å². The highest BCUT2D eigenvalue weighted by Crippen LogP contribution is 2.23. The number of carboxylic acid groups (broad SMARTS) is 1. The number of hydrogen-bond acceptors (Lipinski definition) is 3. The maximum absolute atomic E-state index is 13.3. The zero-order chi connectivity index (χ0) is 10.8. The summed E-state index contributed by atoms with van der Waals surface area (Å²) < 4.78 is 18.1. The van der Waals surface area contributed by atoms with Crippen LogP contribution in [0, 0.1) is 0 Å². The van der Waals surface area contributed by atoms with Crippen LogP contribution in [0.3, 0.4) is 0 Å². The van der Waals surface area contributed by atoms with Gasteiger partial charge >= 0.3 is 5.97 Å². The Bertz CT molecular complexity index is 327. The molecule has 1 N–H and O–H groups in total. The summed E-state index contributed by atoms with van der Waals surface area (Å²) in [5.74, 6) is -0.924. The third-order valence-corrected chi connectivity index (χ3v) is 1.66. The fourth-order valence-electron chi connectivity index (χ4n) is 0.930. The first-order chi connectivity index (χ1) is 6.39. The van der Waals surface area contributed by atoms with Crippen molar-refractivity contribution < 1.29 is 18.7 Å². The zero-order valence-corrected chi connectivity index (χ0v) is 8.08. The van der Waals surface area contributed by atoms with Crippen molar-refractivity contribution in [2.75, 3.05) is 0 Å². The molecule has 0 aliphatic heterocycles. The highest BCUT2D eigenvalue weighted by Gasteiger charge is 2.25. The number of hydrogen-bond donors (Lipinski definition) is 1. The minimum Gasteiger partial charge on any atom is -0.481 e. The van der Waals surface area contributed by atoms with E-state index in [1.165, 1.54) is 20.1 Å². The van der Waals surface area contributed by atoms with Gasteiger partial charge in [-0.1, -0.05) is 0 Å². The maximum atomic E-state index is 13.3. The topological polar surface area (TPSA) is 63.3 Å². The molecule has 0 fully saturated rings. The molecule has 0 atom stereocenters. The molecule has 0 amide bonds. The molecule has 5 heteroatoms. The summed E-state index contributed by atoms with van der Waals surface area (Å²) in [6.07, 6.45) is 1.52. The van der Waals surface area contributed by atoms with Gasteiger partial charge in [0, 0.05) is 6.42 Å². The molecule has 0 aromatic carbocycles. The number of nitrogens with zero attached hydrogens (tertiary/aromatic N) is 1. The van der Waals surface area contributed by atoms with Crippen molar-refractivity contribution in [1.29, 1.82) is 0 Å². The summed E-state index contributed by atoms with van der Waals surface area (Å²) in [4.78, 5) is 14.1. The standard InChI is InChI=1S/C9H12FNO3/c1-9(2,10)8-11-6(5-14-8)3-4-7(12)13/h5H,3-4H2,1-2H3,(H,12,13). The predicted octanol–water partition coefficient (Wildman–Crippen LogP) is 1.90. The molecule has 0 bridgehead atoms. The second-order valence-electron chi connectivity index (χ2n) is 3.51. The molecule has 0 saturated carbocycles. The molecule has 0 unspecified atom stereocenters. The van der Waals surface area contributed by atoms with Crippen molar-refractivity contribution in [1.82, 2.24) is 4.98 Å². The van der Waals surface area contributed by atoms with E-state index in [4.69, 9.17) is 9.52 Å². The lowest BCUT2D eigenvalue weighted by molar-refractivity contribution is -0.136. The van der Waals surface area contributed by atoms with Crippen molar-refractivity contribution in [2.45, 2.75) is 32.4 Å². The smallest absolute Gasteiger partial charge is 0.303 e. The van der Waals surface area contributed by atoms with Crippen LogP contribution >= 0.6 is 0 Å². The van der Waals surface area contributed by atoms with Crippen molar-refractivity contribution in [3.05, 3.63) is 17.8 Å². The first-order valence-corrected chi connectivity index (χ1v) is 4.25. The number of aryl methyl sites for hydroxylation is 1. The molecule has 0 aliphatic rings. The molecule has 14 heavy (non-hydrogen) atoms. The SMILES string of the molecule is CC(C)(F)c1nc(CCC(=O)O)co1. The Labute approximate surface area is 80.8 Å². The van der Waals surface area contributed by atoms with Crippen LogP contribution in [-0.2, 0) is 16.9 Å². The van der Waals surface area contributed by atoms with Crippen molar-refractivity contribution in [2.24, 2.45) is 0 Å². The molecule has 0 aliphatic carbocycles. The Morgan fingerprint density at radius 2 is 2.36 bits per heavy atom. The number of oxazole rings is 1. The first-order valence-electron chi connectivity index (χ1n) is 4.25.